The van der Waals surface area contributed by atoms with Crippen molar-refractivity contribution in [2.75, 3.05) is 13.1 Å². The largest absolute Gasteiger partial charge is 0.468 e. The predicted molar refractivity (Wildman–Crippen MR) is 56.0 cm³/mol. The minimum Gasteiger partial charge on any atom is -0.468 e. The predicted octanol–water partition coefficient (Wildman–Crippen LogP) is 1.87. The third-order valence-electron chi connectivity index (χ3n) is 2.35. The van der Waals surface area contributed by atoms with Crippen molar-refractivity contribution in [1.82, 2.24) is 4.90 Å². The molecule has 0 aromatic carbocycles. The standard InChI is InChI=1S/C11H19NO2/c1-3-10(13)8-12(4-2)9-11-6-5-7-14-11/h5-7,10,13H,3-4,8-9H2,1-2H3. The fraction of sp³-hybridized carbons (Fsp3) is 0.636. The summed E-state index contributed by atoms with van der Waals surface area (Å²) in [6.45, 7) is 6.50. The van der Waals surface area contributed by atoms with E-state index in [-0.39, 0.29) is 6.10 Å². The Morgan fingerprint density at radius 1 is 1.50 bits per heavy atom. The van der Waals surface area contributed by atoms with Gasteiger partial charge in [0.05, 0.1) is 18.9 Å². The molecule has 1 N–H and O–H groups in total. The molecule has 0 fully saturated rings. The average Bonchev–Trinajstić information content (AvgIpc) is 2.69. The van der Waals surface area contributed by atoms with Gasteiger partial charge in [0, 0.05) is 6.54 Å². The van der Waals surface area contributed by atoms with Crippen molar-refractivity contribution in [3.63, 3.8) is 0 Å². The molecular formula is C11H19NO2. The molecule has 14 heavy (non-hydrogen) atoms. The van der Waals surface area contributed by atoms with Gasteiger partial charge in [-0.15, -0.1) is 0 Å². The molecule has 1 heterocycles. The molecule has 80 valence electrons. The smallest absolute Gasteiger partial charge is 0.117 e. The van der Waals surface area contributed by atoms with Crippen LogP contribution in [0.4, 0.5) is 0 Å². The van der Waals surface area contributed by atoms with Gasteiger partial charge in [0.25, 0.3) is 0 Å². The van der Waals surface area contributed by atoms with Crippen molar-refractivity contribution < 1.29 is 9.52 Å². The van der Waals surface area contributed by atoms with E-state index in [1.165, 1.54) is 0 Å². The molecule has 0 aliphatic rings. The van der Waals surface area contributed by atoms with E-state index in [0.717, 1.165) is 25.3 Å². The highest BCUT2D eigenvalue weighted by Crippen LogP contribution is 2.06. The maximum absolute atomic E-state index is 9.52. The molecule has 1 unspecified atom stereocenters. The van der Waals surface area contributed by atoms with E-state index in [1.54, 1.807) is 6.26 Å². The van der Waals surface area contributed by atoms with Crippen LogP contribution < -0.4 is 0 Å². The number of aliphatic hydroxyl groups excluding tert-OH is 1. The van der Waals surface area contributed by atoms with Crippen molar-refractivity contribution in [2.45, 2.75) is 32.9 Å². The quantitative estimate of drug-likeness (QED) is 0.756. The first-order chi connectivity index (χ1) is 6.76. The van der Waals surface area contributed by atoms with Gasteiger partial charge in [-0.1, -0.05) is 13.8 Å². The summed E-state index contributed by atoms with van der Waals surface area (Å²) in [7, 11) is 0. The number of aliphatic hydroxyl groups is 1. The summed E-state index contributed by atoms with van der Waals surface area (Å²) in [5.74, 6) is 0.954. The number of furan rings is 1. The second kappa shape index (κ2) is 5.83. The Kier molecular flexibility index (Phi) is 4.70. The normalized spacial score (nSPS) is 13.4. The summed E-state index contributed by atoms with van der Waals surface area (Å²) >= 11 is 0. The summed E-state index contributed by atoms with van der Waals surface area (Å²) in [5.41, 5.74) is 0. The lowest BCUT2D eigenvalue weighted by Gasteiger charge is -2.21. The molecule has 0 bridgehead atoms. The summed E-state index contributed by atoms with van der Waals surface area (Å²) in [5, 5.41) is 9.52. The van der Waals surface area contributed by atoms with Crippen LogP contribution in [-0.2, 0) is 6.54 Å². The third kappa shape index (κ3) is 3.52. The van der Waals surface area contributed by atoms with Crippen LogP contribution in [0.25, 0.3) is 0 Å². The van der Waals surface area contributed by atoms with E-state index in [0.29, 0.717) is 6.54 Å². The van der Waals surface area contributed by atoms with E-state index in [2.05, 4.69) is 11.8 Å². The van der Waals surface area contributed by atoms with Crippen molar-refractivity contribution >= 4 is 0 Å². The topological polar surface area (TPSA) is 36.6 Å². The molecule has 1 aromatic heterocycles. The Morgan fingerprint density at radius 2 is 2.29 bits per heavy atom. The fourth-order valence-electron chi connectivity index (χ4n) is 1.36. The van der Waals surface area contributed by atoms with Crippen molar-refractivity contribution in [3.05, 3.63) is 24.2 Å². The molecule has 3 heteroatoms. The monoisotopic (exact) mass is 197 g/mol. The fourth-order valence-corrected chi connectivity index (χ4v) is 1.36. The molecule has 0 amide bonds. The lowest BCUT2D eigenvalue weighted by Crippen LogP contribution is -2.31. The second-order valence-electron chi connectivity index (χ2n) is 3.47. The third-order valence-corrected chi connectivity index (χ3v) is 2.35. The SMILES string of the molecule is CCC(O)CN(CC)Cc1ccco1. The van der Waals surface area contributed by atoms with E-state index in [4.69, 9.17) is 4.42 Å². The van der Waals surface area contributed by atoms with Crippen molar-refractivity contribution in [3.8, 4) is 0 Å². The lowest BCUT2D eigenvalue weighted by molar-refractivity contribution is 0.105. The van der Waals surface area contributed by atoms with E-state index < -0.39 is 0 Å². The average molecular weight is 197 g/mol. The number of rotatable bonds is 6. The zero-order chi connectivity index (χ0) is 10.4. The van der Waals surface area contributed by atoms with Crippen LogP contribution in [0.2, 0.25) is 0 Å². The summed E-state index contributed by atoms with van der Waals surface area (Å²) in [4.78, 5) is 2.17. The minimum atomic E-state index is -0.232. The van der Waals surface area contributed by atoms with Gasteiger partial charge in [0.2, 0.25) is 0 Å². The highest BCUT2D eigenvalue weighted by atomic mass is 16.3. The van der Waals surface area contributed by atoms with Gasteiger partial charge in [-0.25, -0.2) is 0 Å². The molecule has 0 aliphatic carbocycles. The van der Waals surface area contributed by atoms with E-state index >= 15 is 0 Å². The lowest BCUT2D eigenvalue weighted by atomic mass is 10.2. The molecular weight excluding hydrogens is 178 g/mol. The summed E-state index contributed by atoms with van der Waals surface area (Å²) in [6, 6.07) is 3.85. The summed E-state index contributed by atoms with van der Waals surface area (Å²) < 4.78 is 5.26. The zero-order valence-corrected chi connectivity index (χ0v) is 8.94. The van der Waals surface area contributed by atoms with Crippen LogP contribution in [-0.4, -0.2) is 29.2 Å². The first kappa shape index (κ1) is 11.3. The molecule has 0 spiro atoms. The first-order valence-electron chi connectivity index (χ1n) is 5.19. The Hall–Kier alpha value is -0.800. The highest BCUT2D eigenvalue weighted by Gasteiger charge is 2.09. The molecule has 1 aromatic rings. The van der Waals surface area contributed by atoms with Gasteiger partial charge in [-0.05, 0) is 25.1 Å². The maximum atomic E-state index is 9.52. The van der Waals surface area contributed by atoms with E-state index in [1.807, 2.05) is 19.1 Å². The minimum absolute atomic E-state index is 0.232. The van der Waals surface area contributed by atoms with Gasteiger partial charge >= 0.3 is 0 Å². The molecule has 0 saturated carbocycles. The first-order valence-corrected chi connectivity index (χ1v) is 5.19. The second-order valence-corrected chi connectivity index (χ2v) is 3.47. The van der Waals surface area contributed by atoms with Gasteiger partial charge in [0.15, 0.2) is 0 Å². The van der Waals surface area contributed by atoms with Gasteiger partial charge < -0.3 is 9.52 Å². The van der Waals surface area contributed by atoms with Crippen LogP contribution in [0.1, 0.15) is 26.0 Å². The zero-order valence-electron chi connectivity index (χ0n) is 8.94. The Morgan fingerprint density at radius 3 is 2.79 bits per heavy atom. The molecule has 3 nitrogen and oxygen atoms in total. The van der Waals surface area contributed by atoms with Gasteiger partial charge in [-0.3, -0.25) is 4.90 Å². The molecule has 0 saturated heterocycles. The van der Waals surface area contributed by atoms with Crippen LogP contribution in [0, 0.1) is 0 Å². The van der Waals surface area contributed by atoms with Crippen molar-refractivity contribution in [2.24, 2.45) is 0 Å². The number of hydrogen-bond acceptors (Lipinski definition) is 3. The van der Waals surface area contributed by atoms with Crippen LogP contribution in [0.15, 0.2) is 22.8 Å². The van der Waals surface area contributed by atoms with Gasteiger partial charge in [-0.2, -0.15) is 0 Å². The van der Waals surface area contributed by atoms with Crippen LogP contribution in [0.3, 0.4) is 0 Å². The Balaban J connectivity index is 2.39. The van der Waals surface area contributed by atoms with Crippen molar-refractivity contribution in [1.29, 1.82) is 0 Å². The highest BCUT2D eigenvalue weighted by molar-refractivity contribution is 4.97. The molecule has 0 aliphatic heterocycles. The number of nitrogens with zero attached hydrogens (tertiary/aromatic N) is 1. The molecule has 0 radical (unpaired) electrons. The number of hydrogen-bond donors (Lipinski definition) is 1. The maximum Gasteiger partial charge on any atom is 0.117 e. The Labute approximate surface area is 85.3 Å². The molecule has 1 rings (SSSR count). The number of likely N-dealkylation sites (N-methyl/N-ethyl adjacent to an activating group) is 1. The van der Waals surface area contributed by atoms with E-state index in [9.17, 15) is 5.11 Å². The van der Waals surface area contributed by atoms with Crippen LogP contribution >= 0.6 is 0 Å². The molecule has 1 atom stereocenters. The summed E-state index contributed by atoms with van der Waals surface area (Å²) in [6.07, 6.45) is 2.25. The Bertz CT molecular complexity index is 233. The van der Waals surface area contributed by atoms with Crippen LogP contribution in [0.5, 0.6) is 0 Å². The van der Waals surface area contributed by atoms with Gasteiger partial charge in [0.1, 0.15) is 5.76 Å².